The average Bonchev–Trinajstić information content (AvgIpc) is 2.92. The topological polar surface area (TPSA) is 48.3 Å². The number of methoxy groups -OCH3 is 1. The Labute approximate surface area is 117 Å². The fourth-order valence-electron chi connectivity index (χ4n) is 2.14. The molecule has 3 rings (SSSR count). The fourth-order valence-corrected chi connectivity index (χ4v) is 3.53. The van der Waals surface area contributed by atoms with E-state index in [1.54, 1.807) is 36.5 Å². The van der Waals surface area contributed by atoms with Crippen molar-refractivity contribution >= 4 is 20.9 Å². The van der Waals surface area contributed by atoms with Gasteiger partial charge in [-0.1, -0.05) is 24.3 Å². The van der Waals surface area contributed by atoms with E-state index in [4.69, 9.17) is 4.74 Å². The number of fused-ring (bicyclic) bond motifs is 1. The summed E-state index contributed by atoms with van der Waals surface area (Å²) < 4.78 is 31.7. The number of para-hydroxylation sites is 1. The molecule has 1 aromatic heterocycles. The van der Waals surface area contributed by atoms with Gasteiger partial charge in [0.05, 0.1) is 17.5 Å². The van der Waals surface area contributed by atoms with Crippen molar-refractivity contribution in [1.29, 1.82) is 0 Å². The standard InChI is InChI=1S/C15H13NO3S/c1-19-13-6-4-7-14(11-13)20(17,18)16-10-9-12-5-2-3-8-15(12)16/h2-11H,1H3. The van der Waals surface area contributed by atoms with E-state index in [0.717, 1.165) is 5.39 Å². The molecular formula is C15H13NO3S. The molecule has 0 aliphatic heterocycles. The minimum atomic E-state index is -3.62. The van der Waals surface area contributed by atoms with Crippen LogP contribution in [0, 0.1) is 0 Å². The van der Waals surface area contributed by atoms with Crippen LogP contribution in [0.4, 0.5) is 0 Å². The van der Waals surface area contributed by atoms with Gasteiger partial charge in [0.2, 0.25) is 0 Å². The van der Waals surface area contributed by atoms with Gasteiger partial charge in [0.25, 0.3) is 10.0 Å². The zero-order valence-electron chi connectivity index (χ0n) is 10.9. The second-order valence-electron chi connectivity index (χ2n) is 4.35. The Balaban J connectivity index is 2.21. The lowest BCUT2D eigenvalue weighted by molar-refractivity contribution is 0.413. The van der Waals surface area contributed by atoms with E-state index >= 15 is 0 Å². The maximum absolute atomic E-state index is 12.7. The van der Waals surface area contributed by atoms with E-state index in [1.807, 2.05) is 18.2 Å². The summed E-state index contributed by atoms with van der Waals surface area (Å²) in [5.74, 6) is 0.516. The van der Waals surface area contributed by atoms with Gasteiger partial charge in [0.1, 0.15) is 5.75 Å². The molecule has 0 aliphatic carbocycles. The van der Waals surface area contributed by atoms with Crippen LogP contribution in [0.25, 0.3) is 10.9 Å². The maximum Gasteiger partial charge on any atom is 0.268 e. The van der Waals surface area contributed by atoms with Gasteiger partial charge in [-0.05, 0) is 24.3 Å². The number of rotatable bonds is 3. The van der Waals surface area contributed by atoms with Crippen molar-refractivity contribution in [2.75, 3.05) is 7.11 Å². The summed E-state index contributed by atoms with van der Waals surface area (Å²) in [6, 6.07) is 15.6. The Morgan fingerprint density at radius 2 is 1.80 bits per heavy atom. The molecule has 0 saturated heterocycles. The number of ether oxygens (including phenoxy) is 1. The third kappa shape index (κ3) is 1.96. The molecule has 0 saturated carbocycles. The van der Waals surface area contributed by atoms with Crippen LogP contribution in [-0.2, 0) is 10.0 Å². The van der Waals surface area contributed by atoms with Gasteiger partial charge >= 0.3 is 0 Å². The van der Waals surface area contributed by atoms with Crippen LogP contribution in [0.3, 0.4) is 0 Å². The summed E-state index contributed by atoms with van der Waals surface area (Å²) in [4.78, 5) is 0.207. The highest BCUT2D eigenvalue weighted by molar-refractivity contribution is 7.90. The number of nitrogens with zero attached hydrogens (tertiary/aromatic N) is 1. The Bertz CT molecular complexity index is 865. The van der Waals surface area contributed by atoms with Crippen molar-refractivity contribution in [3.8, 4) is 5.75 Å². The molecule has 0 atom stereocenters. The molecular weight excluding hydrogens is 274 g/mol. The van der Waals surface area contributed by atoms with Crippen molar-refractivity contribution in [3.63, 3.8) is 0 Å². The monoisotopic (exact) mass is 287 g/mol. The molecule has 20 heavy (non-hydrogen) atoms. The van der Waals surface area contributed by atoms with E-state index < -0.39 is 10.0 Å². The van der Waals surface area contributed by atoms with Crippen molar-refractivity contribution in [1.82, 2.24) is 3.97 Å². The molecule has 0 unspecified atom stereocenters. The zero-order valence-corrected chi connectivity index (χ0v) is 11.7. The van der Waals surface area contributed by atoms with E-state index in [-0.39, 0.29) is 4.90 Å². The van der Waals surface area contributed by atoms with Crippen LogP contribution < -0.4 is 4.74 Å². The fraction of sp³-hybridized carbons (Fsp3) is 0.0667. The molecule has 0 bridgehead atoms. The average molecular weight is 287 g/mol. The third-order valence-electron chi connectivity index (χ3n) is 3.16. The van der Waals surface area contributed by atoms with E-state index in [2.05, 4.69) is 0 Å². The highest BCUT2D eigenvalue weighted by Crippen LogP contribution is 2.24. The number of hydrogen-bond donors (Lipinski definition) is 0. The van der Waals surface area contributed by atoms with Crippen LogP contribution in [-0.4, -0.2) is 19.5 Å². The largest absolute Gasteiger partial charge is 0.497 e. The van der Waals surface area contributed by atoms with Crippen LogP contribution in [0.1, 0.15) is 0 Å². The summed E-state index contributed by atoms with van der Waals surface area (Å²) in [6.07, 6.45) is 1.57. The summed E-state index contributed by atoms with van der Waals surface area (Å²) in [6.45, 7) is 0. The summed E-state index contributed by atoms with van der Waals surface area (Å²) in [5, 5.41) is 0.888. The molecule has 0 radical (unpaired) electrons. The molecule has 3 aromatic rings. The first kappa shape index (κ1) is 12.7. The second kappa shape index (κ2) is 4.68. The Morgan fingerprint density at radius 3 is 2.60 bits per heavy atom. The maximum atomic E-state index is 12.7. The second-order valence-corrected chi connectivity index (χ2v) is 6.17. The number of hydrogen-bond acceptors (Lipinski definition) is 3. The molecule has 1 heterocycles. The predicted octanol–water partition coefficient (Wildman–Crippen LogP) is 2.89. The summed E-state index contributed by atoms with van der Waals surface area (Å²) in [5.41, 5.74) is 0.662. The van der Waals surface area contributed by atoms with Gasteiger partial charge in [0, 0.05) is 17.6 Å². The highest BCUT2D eigenvalue weighted by atomic mass is 32.2. The number of aromatic nitrogens is 1. The smallest absolute Gasteiger partial charge is 0.268 e. The third-order valence-corrected chi connectivity index (χ3v) is 4.85. The van der Waals surface area contributed by atoms with Gasteiger partial charge in [-0.15, -0.1) is 0 Å². The Kier molecular flexibility index (Phi) is 2.99. The van der Waals surface area contributed by atoms with Crippen molar-refractivity contribution in [2.24, 2.45) is 0 Å². The first-order chi connectivity index (χ1) is 9.63. The normalized spacial score (nSPS) is 11.7. The molecule has 102 valence electrons. The van der Waals surface area contributed by atoms with Crippen LogP contribution >= 0.6 is 0 Å². The predicted molar refractivity (Wildman–Crippen MR) is 77.5 cm³/mol. The van der Waals surface area contributed by atoms with Gasteiger partial charge in [-0.3, -0.25) is 0 Å². The minimum Gasteiger partial charge on any atom is -0.497 e. The summed E-state index contributed by atoms with van der Waals surface area (Å²) in [7, 11) is -2.11. The van der Waals surface area contributed by atoms with Gasteiger partial charge in [0.15, 0.2) is 0 Å². The molecule has 0 amide bonds. The van der Waals surface area contributed by atoms with Crippen molar-refractivity contribution in [3.05, 3.63) is 60.8 Å². The lowest BCUT2D eigenvalue weighted by Gasteiger charge is -2.08. The van der Waals surface area contributed by atoms with Crippen molar-refractivity contribution < 1.29 is 13.2 Å². The molecule has 4 nitrogen and oxygen atoms in total. The van der Waals surface area contributed by atoms with Crippen LogP contribution in [0.2, 0.25) is 0 Å². The zero-order chi connectivity index (χ0) is 14.2. The van der Waals surface area contributed by atoms with Gasteiger partial charge < -0.3 is 4.74 Å². The minimum absolute atomic E-state index is 0.207. The van der Waals surface area contributed by atoms with Crippen molar-refractivity contribution in [2.45, 2.75) is 4.90 Å². The van der Waals surface area contributed by atoms with E-state index in [0.29, 0.717) is 11.3 Å². The summed E-state index contributed by atoms with van der Waals surface area (Å²) >= 11 is 0. The first-order valence-corrected chi connectivity index (χ1v) is 7.52. The number of benzene rings is 2. The molecule has 0 N–H and O–H groups in total. The molecule has 0 spiro atoms. The quantitative estimate of drug-likeness (QED) is 0.744. The lowest BCUT2D eigenvalue weighted by Crippen LogP contribution is -2.11. The molecule has 0 fully saturated rings. The SMILES string of the molecule is COc1cccc(S(=O)(=O)n2ccc3ccccc32)c1. The molecule has 5 heteroatoms. The molecule has 2 aromatic carbocycles. The van der Waals surface area contributed by atoms with E-state index in [1.165, 1.54) is 17.1 Å². The van der Waals surface area contributed by atoms with Crippen LogP contribution in [0.5, 0.6) is 5.75 Å². The van der Waals surface area contributed by atoms with Gasteiger partial charge in [-0.25, -0.2) is 12.4 Å². The van der Waals surface area contributed by atoms with Gasteiger partial charge in [-0.2, -0.15) is 0 Å². The Hall–Kier alpha value is -2.27. The highest BCUT2D eigenvalue weighted by Gasteiger charge is 2.19. The Morgan fingerprint density at radius 1 is 1.00 bits per heavy atom. The van der Waals surface area contributed by atoms with E-state index in [9.17, 15) is 8.42 Å². The first-order valence-electron chi connectivity index (χ1n) is 6.08. The lowest BCUT2D eigenvalue weighted by atomic mass is 10.3. The van der Waals surface area contributed by atoms with Crippen LogP contribution in [0.15, 0.2) is 65.7 Å². The molecule has 0 aliphatic rings.